The summed E-state index contributed by atoms with van der Waals surface area (Å²) in [5, 5.41) is 2.99. The van der Waals surface area contributed by atoms with Gasteiger partial charge in [-0.25, -0.2) is 4.98 Å². The lowest BCUT2D eigenvalue weighted by Crippen LogP contribution is -2.47. The van der Waals surface area contributed by atoms with Crippen LogP contribution in [-0.2, 0) is 22.4 Å². The van der Waals surface area contributed by atoms with Crippen molar-refractivity contribution in [1.29, 1.82) is 0 Å². The average molecular weight is 390 g/mol. The first-order valence-electron chi connectivity index (χ1n) is 10.5. The van der Waals surface area contributed by atoms with Crippen molar-refractivity contribution in [3.63, 3.8) is 0 Å². The first-order valence-corrected chi connectivity index (χ1v) is 10.5. The molecule has 0 aromatic carbocycles. The quantitative estimate of drug-likeness (QED) is 0.846. The van der Waals surface area contributed by atoms with Crippen LogP contribution in [0, 0.1) is 0 Å². The van der Waals surface area contributed by atoms with E-state index in [0.29, 0.717) is 50.7 Å². The third-order valence-corrected chi connectivity index (χ3v) is 6.14. The summed E-state index contributed by atoms with van der Waals surface area (Å²) in [6.07, 6.45) is 5.01. The summed E-state index contributed by atoms with van der Waals surface area (Å²) in [6, 6.07) is 0.0808. The molecule has 154 valence electrons. The number of carbonyl (C=O) groups excluding carboxylic acids is 2. The Morgan fingerprint density at radius 1 is 1.18 bits per heavy atom. The van der Waals surface area contributed by atoms with E-state index in [-0.39, 0.29) is 17.9 Å². The molecule has 1 unspecified atom stereocenters. The highest BCUT2D eigenvalue weighted by molar-refractivity contribution is 5.97. The van der Waals surface area contributed by atoms with E-state index in [9.17, 15) is 9.59 Å². The van der Waals surface area contributed by atoms with Gasteiger partial charge in [-0.1, -0.05) is 6.92 Å². The van der Waals surface area contributed by atoms with Gasteiger partial charge in [0.1, 0.15) is 5.69 Å². The summed E-state index contributed by atoms with van der Waals surface area (Å²) in [6.45, 7) is 7.15. The number of fused-ring (bicyclic) bond motifs is 1. The molecule has 1 aromatic heterocycles. The van der Waals surface area contributed by atoms with Crippen LogP contribution in [0.15, 0.2) is 0 Å². The van der Waals surface area contributed by atoms with E-state index < -0.39 is 5.79 Å². The van der Waals surface area contributed by atoms with Gasteiger partial charge in [0.05, 0.1) is 18.9 Å². The number of nitrogens with zero attached hydrogens (tertiary/aromatic N) is 3. The summed E-state index contributed by atoms with van der Waals surface area (Å²) < 4.78 is 13.5. The number of carbonyl (C=O) groups is 2. The molecule has 8 heteroatoms. The Balaban J connectivity index is 1.54. The molecular formula is C20H30N4O4. The predicted molar refractivity (Wildman–Crippen MR) is 102 cm³/mol. The van der Waals surface area contributed by atoms with E-state index in [0.717, 1.165) is 37.9 Å². The molecule has 3 aliphatic heterocycles. The van der Waals surface area contributed by atoms with E-state index in [1.807, 2.05) is 23.3 Å². The van der Waals surface area contributed by atoms with Gasteiger partial charge in [0.25, 0.3) is 11.8 Å². The number of imidazole rings is 1. The van der Waals surface area contributed by atoms with Crippen molar-refractivity contribution in [2.24, 2.45) is 0 Å². The van der Waals surface area contributed by atoms with Gasteiger partial charge in [0, 0.05) is 38.5 Å². The van der Waals surface area contributed by atoms with Gasteiger partial charge in [0.2, 0.25) is 0 Å². The Morgan fingerprint density at radius 3 is 2.57 bits per heavy atom. The highest BCUT2D eigenvalue weighted by atomic mass is 16.7. The fourth-order valence-electron chi connectivity index (χ4n) is 4.26. The zero-order valence-corrected chi connectivity index (χ0v) is 16.8. The first kappa shape index (κ1) is 19.4. The third kappa shape index (κ3) is 3.55. The van der Waals surface area contributed by atoms with E-state index >= 15 is 0 Å². The van der Waals surface area contributed by atoms with Crippen LogP contribution in [-0.4, -0.2) is 64.4 Å². The molecule has 1 atom stereocenters. The van der Waals surface area contributed by atoms with Gasteiger partial charge in [0.15, 0.2) is 11.6 Å². The zero-order chi connectivity index (χ0) is 19.7. The van der Waals surface area contributed by atoms with E-state index in [4.69, 9.17) is 9.47 Å². The predicted octanol–water partition coefficient (Wildman–Crippen LogP) is 1.73. The highest BCUT2D eigenvalue weighted by Crippen LogP contribution is 2.32. The van der Waals surface area contributed by atoms with Crippen molar-refractivity contribution in [2.75, 3.05) is 26.3 Å². The highest BCUT2D eigenvalue weighted by Gasteiger charge is 2.42. The second kappa shape index (κ2) is 7.83. The number of amides is 2. The summed E-state index contributed by atoms with van der Waals surface area (Å²) in [4.78, 5) is 32.3. The third-order valence-electron chi connectivity index (χ3n) is 6.14. The van der Waals surface area contributed by atoms with Gasteiger partial charge >= 0.3 is 0 Å². The van der Waals surface area contributed by atoms with Gasteiger partial charge in [-0.15, -0.1) is 0 Å². The Labute approximate surface area is 165 Å². The van der Waals surface area contributed by atoms with Crippen LogP contribution in [0.5, 0.6) is 0 Å². The van der Waals surface area contributed by atoms with E-state index in [2.05, 4.69) is 10.3 Å². The summed E-state index contributed by atoms with van der Waals surface area (Å²) in [7, 11) is 0. The molecule has 1 spiro atoms. The van der Waals surface area contributed by atoms with Gasteiger partial charge in [-0.3, -0.25) is 9.59 Å². The molecule has 0 saturated carbocycles. The lowest BCUT2D eigenvalue weighted by molar-refractivity contribution is -0.181. The maximum Gasteiger partial charge on any atom is 0.289 e. The number of hydrogen-bond donors (Lipinski definition) is 1. The van der Waals surface area contributed by atoms with Crippen molar-refractivity contribution < 1.29 is 19.1 Å². The molecule has 4 rings (SSSR count). The number of rotatable bonds is 4. The maximum absolute atomic E-state index is 13.2. The molecule has 0 bridgehead atoms. The molecular weight excluding hydrogens is 360 g/mol. The summed E-state index contributed by atoms with van der Waals surface area (Å²) in [5.41, 5.74) is 1.31. The van der Waals surface area contributed by atoms with Crippen molar-refractivity contribution in [2.45, 2.75) is 70.7 Å². The molecule has 1 N–H and O–H groups in total. The lowest BCUT2D eigenvalue weighted by atomic mass is 10.0. The minimum atomic E-state index is -0.510. The van der Waals surface area contributed by atoms with Crippen molar-refractivity contribution in [1.82, 2.24) is 19.8 Å². The molecule has 0 aliphatic carbocycles. The monoisotopic (exact) mass is 390 g/mol. The molecule has 2 saturated heterocycles. The minimum Gasteiger partial charge on any atom is -0.348 e. The fraction of sp³-hybridized carbons (Fsp3) is 0.750. The Bertz CT molecular complexity index is 744. The SMILES string of the molecule is CCC(C)NC(=O)c1nc(C(=O)N2CCC3(CC2)OCCO3)n2c1CCCC2. The van der Waals surface area contributed by atoms with Crippen LogP contribution >= 0.6 is 0 Å². The van der Waals surface area contributed by atoms with Crippen LogP contribution in [0.25, 0.3) is 0 Å². The molecule has 2 fully saturated rings. The number of aromatic nitrogens is 2. The second-order valence-electron chi connectivity index (χ2n) is 8.02. The molecule has 2 amide bonds. The van der Waals surface area contributed by atoms with Crippen LogP contribution in [0.1, 0.15) is 72.8 Å². The Kier molecular flexibility index (Phi) is 5.42. The van der Waals surface area contributed by atoms with Gasteiger partial charge in [-0.05, 0) is 32.6 Å². The molecule has 4 heterocycles. The van der Waals surface area contributed by atoms with Gasteiger partial charge in [-0.2, -0.15) is 0 Å². The maximum atomic E-state index is 13.2. The normalized spacial score (nSPS) is 22.1. The Morgan fingerprint density at radius 2 is 1.89 bits per heavy atom. The van der Waals surface area contributed by atoms with Crippen molar-refractivity contribution >= 4 is 11.8 Å². The standard InChI is InChI=1S/C20H30N4O4/c1-3-14(2)21-18(25)16-15-6-4-5-9-24(15)17(22-16)19(26)23-10-7-20(8-11-23)27-12-13-28-20/h14H,3-13H2,1-2H3,(H,21,25). The van der Waals surface area contributed by atoms with Crippen LogP contribution in [0.4, 0.5) is 0 Å². The fourth-order valence-corrected chi connectivity index (χ4v) is 4.26. The smallest absolute Gasteiger partial charge is 0.289 e. The largest absolute Gasteiger partial charge is 0.348 e. The summed E-state index contributed by atoms with van der Waals surface area (Å²) >= 11 is 0. The number of likely N-dealkylation sites (tertiary alicyclic amines) is 1. The minimum absolute atomic E-state index is 0.0808. The van der Waals surface area contributed by atoms with Crippen LogP contribution in [0.3, 0.4) is 0 Å². The van der Waals surface area contributed by atoms with Crippen molar-refractivity contribution in [3.8, 4) is 0 Å². The zero-order valence-electron chi connectivity index (χ0n) is 16.8. The molecule has 28 heavy (non-hydrogen) atoms. The second-order valence-corrected chi connectivity index (χ2v) is 8.02. The number of hydrogen-bond acceptors (Lipinski definition) is 5. The van der Waals surface area contributed by atoms with Crippen LogP contribution < -0.4 is 5.32 Å². The lowest BCUT2D eigenvalue weighted by Gasteiger charge is -2.37. The number of piperidine rings is 1. The Hall–Kier alpha value is -1.93. The number of ether oxygens (including phenoxy) is 2. The van der Waals surface area contributed by atoms with E-state index in [1.54, 1.807) is 0 Å². The molecule has 1 aromatic rings. The van der Waals surface area contributed by atoms with E-state index in [1.165, 1.54) is 0 Å². The summed E-state index contributed by atoms with van der Waals surface area (Å²) in [5.74, 6) is -0.388. The molecule has 8 nitrogen and oxygen atoms in total. The number of nitrogens with one attached hydrogen (secondary N) is 1. The topological polar surface area (TPSA) is 85.7 Å². The van der Waals surface area contributed by atoms with Gasteiger partial charge < -0.3 is 24.3 Å². The molecule has 0 radical (unpaired) electrons. The molecule has 3 aliphatic rings. The van der Waals surface area contributed by atoms with Crippen LogP contribution in [0.2, 0.25) is 0 Å². The average Bonchev–Trinajstić information content (AvgIpc) is 3.33. The first-order chi connectivity index (χ1) is 13.5. The van der Waals surface area contributed by atoms with Crippen molar-refractivity contribution in [3.05, 3.63) is 17.2 Å².